The lowest BCUT2D eigenvalue weighted by molar-refractivity contribution is 0.0698. The van der Waals surface area contributed by atoms with E-state index in [0.29, 0.717) is 16.9 Å². The standard InChI is InChI=1S/C12H7FN4O2/c13-7-1-8(12(18)19)10-9(2-7)16-11(17-10)6-3-14-5-15-4-6/h1-5H,(H,16,17)(H,18,19). The van der Waals surface area contributed by atoms with E-state index in [2.05, 4.69) is 19.9 Å². The van der Waals surface area contributed by atoms with Crippen LogP contribution in [0.1, 0.15) is 10.4 Å². The van der Waals surface area contributed by atoms with Crippen molar-refractivity contribution in [2.75, 3.05) is 0 Å². The molecule has 6 nitrogen and oxygen atoms in total. The number of aromatic nitrogens is 4. The van der Waals surface area contributed by atoms with Crippen molar-refractivity contribution in [2.45, 2.75) is 0 Å². The molecule has 1 aromatic carbocycles. The number of hydrogen-bond acceptors (Lipinski definition) is 4. The fourth-order valence-electron chi connectivity index (χ4n) is 1.80. The molecule has 0 bridgehead atoms. The average molecular weight is 258 g/mol. The summed E-state index contributed by atoms with van der Waals surface area (Å²) in [6.45, 7) is 0. The predicted octanol–water partition coefficient (Wildman–Crippen LogP) is 1.86. The summed E-state index contributed by atoms with van der Waals surface area (Å²) in [5.41, 5.74) is 0.925. The van der Waals surface area contributed by atoms with Crippen LogP contribution in [0.5, 0.6) is 0 Å². The van der Waals surface area contributed by atoms with Gasteiger partial charge in [-0.2, -0.15) is 0 Å². The second-order valence-corrected chi connectivity index (χ2v) is 3.87. The van der Waals surface area contributed by atoms with Crippen LogP contribution < -0.4 is 0 Å². The first-order valence-electron chi connectivity index (χ1n) is 5.33. The lowest BCUT2D eigenvalue weighted by atomic mass is 10.2. The minimum absolute atomic E-state index is 0.186. The summed E-state index contributed by atoms with van der Waals surface area (Å²) in [6.07, 6.45) is 4.43. The van der Waals surface area contributed by atoms with Gasteiger partial charge in [0.05, 0.1) is 16.6 Å². The Balaban J connectivity index is 2.26. The van der Waals surface area contributed by atoms with Crippen molar-refractivity contribution in [1.82, 2.24) is 19.9 Å². The SMILES string of the molecule is O=C(O)c1cc(F)cc2[nH]c(-c3cncnc3)nc12. The van der Waals surface area contributed by atoms with Crippen LogP contribution in [0.4, 0.5) is 4.39 Å². The van der Waals surface area contributed by atoms with Crippen LogP contribution in [-0.2, 0) is 0 Å². The molecule has 3 aromatic rings. The summed E-state index contributed by atoms with van der Waals surface area (Å²) in [6, 6.07) is 2.14. The number of carboxylic acid groups (broad SMARTS) is 1. The Bertz CT molecular complexity index is 770. The maximum Gasteiger partial charge on any atom is 0.338 e. The molecule has 3 rings (SSSR count). The third kappa shape index (κ3) is 1.90. The van der Waals surface area contributed by atoms with Gasteiger partial charge in [-0.05, 0) is 12.1 Å². The Labute approximate surface area is 106 Å². The van der Waals surface area contributed by atoms with Gasteiger partial charge in [-0.1, -0.05) is 0 Å². The van der Waals surface area contributed by atoms with Gasteiger partial charge in [0.25, 0.3) is 0 Å². The number of nitrogens with one attached hydrogen (secondary N) is 1. The molecule has 0 saturated heterocycles. The van der Waals surface area contributed by atoms with Gasteiger partial charge in [-0.25, -0.2) is 24.1 Å². The minimum Gasteiger partial charge on any atom is -0.478 e. The lowest BCUT2D eigenvalue weighted by Crippen LogP contribution is -1.98. The van der Waals surface area contributed by atoms with E-state index in [1.165, 1.54) is 24.8 Å². The number of aromatic carboxylic acids is 1. The van der Waals surface area contributed by atoms with Crippen molar-refractivity contribution in [3.05, 3.63) is 42.2 Å². The Morgan fingerprint density at radius 2 is 2.00 bits per heavy atom. The highest BCUT2D eigenvalue weighted by Gasteiger charge is 2.15. The third-order valence-corrected chi connectivity index (χ3v) is 2.62. The summed E-state index contributed by atoms with van der Waals surface area (Å²) in [5, 5.41) is 9.04. The summed E-state index contributed by atoms with van der Waals surface area (Å²) >= 11 is 0. The number of fused-ring (bicyclic) bond motifs is 1. The quantitative estimate of drug-likeness (QED) is 0.731. The van der Waals surface area contributed by atoms with E-state index in [4.69, 9.17) is 5.11 Å². The minimum atomic E-state index is -1.23. The van der Waals surface area contributed by atoms with Crippen molar-refractivity contribution >= 4 is 17.0 Å². The Morgan fingerprint density at radius 3 is 2.68 bits per heavy atom. The van der Waals surface area contributed by atoms with Gasteiger partial charge in [0.15, 0.2) is 0 Å². The molecule has 0 fully saturated rings. The molecular weight excluding hydrogens is 251 g/mol. The van der Waals surface area contributed by atoms with Gasteiger partial charge in [0.2, 0.25) is 0 Å². The van der Waals surface area contributed by atoms with Crippen LogP contribution in [0.2, 0.25) is 0 Å². The topological polar surface area (TPSA) is 91.8 Å². The molecule has 2 N–H and O–H groups in total. The van der Waals surface area contributed by atoms with Gasteiger partial charge in [-0.3, -0.25) is 0 Å². The molecule has 0 atom stereocenters. The number of nitrogens with zero attached hydrogens (tertiary/aromatic N) is 3. The number of hydrogen-bond donors (Lipinski definition) is 2. The number of carbonyl (C=O) groups is 1. The van der Waals surface area contributed by atoms with Crippen LogP contribution in [0.25, 0.3) is 22.4 Å². The number of rotatable bonds is 2. The first kappa shape index (κ1) is 11.3. The summed E-state index contributed by atoms with van der Waals surface area (Å²) in [5.74, 6) is -1.47. The molecular formula is C12H7FN4O2. The fourth-order valence-corrected chi connectivity index (χ4v) is 1.80. The molecule has 2 heterocycles. The maximum atomic E-state index is 13.3. The van der Waals surface area contributed by atoms with E-state index >= 15 is 0 Å². The van der Waals surface area contributed by atoms with E-state index in [1.807, 2.05) is 0 Å². The van der Waals surface area contributed by atoms with E-state index < -0.39 is 11.8 Å². The molecule has 0 unspecified atom stereocenters. The molecule has 19 heavy (non-hydrogen) atoms. The van der Waals surface area contributed by atoms with E-state index in [1.54, 1.807) is 0 Å². The highest BCUT2D eigenvalue weighted by Crippen LogP contribution is 2.23. The van der Waals surface area contributed by atoms with Crippen LogP contribution in [0.3, 0.4) is 0 Å². The van der Waals surface area contributed by atoms with Gasteiger partial charge in [0.1, 0.15) is 23.5 Å². The van der Waals surface area contributed by atoms with Gasteiger partial charge in [-0.15, -0.1) is 0 Å². The van der Waals surface area contributed by atoms with Gasteiger partial charge < -0.3 is 10.1 Å². The molecule has 0 aliphatic carbocycles. The second kappa shape index (κ2) is 4.13. The van der Waals surface area contributed by atoms with Crippen molar-refractivity contribution in [1.29, 1.82) is 0 Å². The Hall–Kier alpha value is -2.83. The smallest absolute Gasteiger partial charge is 0.338 e. The number of H-pyrrole nitrogens is 1. The Kier molecular flexibility index (Phi) is 2.45. The largest absolute Gasteiger partial charge is 0.478 e. The zero-order valence-corrected chi connectivity index (χ0v) is 9.46. The highest BCUT2D eigenvalue weighted by molar-refractivity contribution is 6.01. The third-order valence-electron chi connectivity index (χ3n) is 2.62. The molecule has 94 valence electrons. The molecule has 0 spiro atoms. The lowest BCUT2D eigenvalue weighted by Gasteiger charge is -1.95. The van der Waals surface area contributed by atoms with Crippen molar-refractivity contribution in [3.8, 4) is 11.4 Å². The number of aromatic amines is 1. The summed E-state index contributed by atoms with van der Waals surface area (Å²) in [7, 11) is 0. The molecule has 0 aliphatic heterocycles. The van der Waals surface area contributed by atoms with Crippen molar-refractivity contribution < 1.29 is 14.3 Å². The van der Waals surface area contributed by atoms with E-state index in [0.717, 1.165) is 6.07 Å². The number of carboxylic acids is 1. The first-order valence-corrected chi connectivity index (χ1v) is 5.33. The van der Waals surface area contributed by atoms with E-state index in [-0.39, 0.29) is 11.1 Å². The Morgan fingerprint density at radius 1 is 1.26 bits per heavy atom. The molecule has 0 saturated carbocycles. The predicted molar refractivity (Wildman–Crippen MR) is 64.0 cm³/mol. The van der Waals surface area contributed by atoms with Crippen LogP contribution in [0, 0.1) is 5.82 Å². The zero-order valence-electron chi connectivity index (χ0n) is 9.46. The zero-order chi connectivity index (χ0) is 13.4. The fraction of sp³-hybridized carbons (Fsp3) is 0. The monoisotopic (exact) mass is 258 g/mol. The molecule has 7 heteroatoms. The van der Waals surface area contributed by atoms with Crippen molar-refractivity contribution in [3.63, 3.8) is 0 Å². The number of halogens is 1. The van der Waals surface area contributed by atoms with E-state index in [9.17, 15) is 9.18 Å². The average Bonchev–Trinajstić information content (AvgIpc) is 2.82. The van der Waals surface area contributed by atoms with Crippen LogP contribution >= 0.6 is 0 Å². The number of benzene rings is 1. The van der Waals surface area contributed by atoms with Gasteiger partial charge in [0, 0.05) is 12.4 Å². The highest BCUT2D eigenvalue weighted by atomic mass is 19.1. The number of imidazole rings is 1. The van der Waals surface area contributed by atoms with Crippen LogP contribution in [-0.4, -0.2) is 31.0 Å². The maximum absolute atomic E-state index is 13.3. The molecule has 0 aliphatic rings. The van der Waals surface area contributed by atoms with Gasteiger partial charge >= 0.3 is 5.97 Å². The summed E-state index contributed by atoms with van der Waals surface area (Å²) in [4.78, 5) is 25.8. The molecule has 0 amide bonds. The normalized spacial score (nSPS) is 10.8. The molecule has 0 radical (unpaired) electrons. The first-order chi connectivity index (χ1) is 9.15. The van der Waals surface area contributed by atoms with Crippen molar-refractivity contribution in [2.24, 2.45) is 0 Å². The van der Waals surface area contributed by atoms with Crippen LogP contribution in [0.15, 0.2) is 30.9 Å². The second-order valence-electron chi connectivity index (χ2n) is 3.87. The molecule has 2 aromatic heterocycles. The summed E-state index contributed by atoms with van der Waals surface area (Å²) < 4.78 is 13.3.